The Hall–Kier alpha value is -2.53. The summed E-state index contributed by atoms with van der Waals surface area (Å²) in [6, 6.07) is 7.28. The summed E-state index contributed by atoms with van der Waals surface area (Å²) in [5, 5.41) is 37.8. The van der Waals surface area contributed by atoms with Gasteiger partial charge in [0.25, 0.3) is 0 Å². The fourth-order valence-corrected chi connectivity index (χ4v) is 2.16. The number of nitrogens with zero attached hydrogens (tertiary/aromatic N) is 3. The summed E-state index contributed by atoms with van der Waals surface area (Å²) in [5.74, 6) is -1.16. The summed E-state index contributed by atoms with van der Waals surface area (Å²) >= 11 is 9.03. The van der Waals surface area contributed by atoms with Gasteiger partial charge in [-0.1, -0.05) is 11.6 Å². The van der Waals surface area contributed by atoms with E-state index >= 15 is 0 Å². The Labute approximate surface area is 127 Å². The summed E-state index contributed by atoms with van der Waals surface area (Å²) in [5.41, 5.74) is -0.537. The smallest absolute Gasteiger partial charge is 0.335 e. The minimum Gasteiger partial charge on any atom is -0.478 e. The third kappa shape index (κ3) is 3.27. The molecule has 0 radical (unpaired) electrons. The van der Waals surface area contributed by atoms with Crippen LogP contribution in [0.1, 0.15) is 10.4 Å². The van der Waals surface area contributed by atoms with Gasteiger partial charge in [-0.2, -0.15) is 15.8 Å². The molecule has 2 N–H and O–H groups in total. The molecule has 0 aliphatic heterocycles. The van der Waals surface area contributed by atoms with Crippen molar-refractivity contribution in [1.82, 2.24) is 0 Å². The van der Waals surface area contributed by atoms with Crippen LogP contribution in [0.25, 0.3) is 0 Å². The molecular weight excluding hydrogens is 348 g/mol. The Morgan fingerprint density at radius 3 is 2.25 bits per heavy atom. The molecular formula is C12H4BrClN4O2. The maximum absolute atomic E-state index is 10.8. The van der Waals surface area contributed by atoms with E-state index in [-0.39, 0.29) is 26.4 Å². The number of carboxylic acid groups (broad SMARTS) is 1. The molecule has 0 aliphatic carbocycles. The fourth-order valence-electron chi connectivity index (χ4n) is 1.22. The summed E-state index contributed by atoms with van der Waals surface area (Å²) in [6.45, 7) is 0. The van der Waals surface area contributed by atoms with Crippen LogP contribution in [0.15, 0.2) is 27.9 Å². The lowest BCUT2D eigenvalue weighted by Gasteiger charge is -2.10. The molecule has 0 aliphatic rings. The SMILES string of the molecule is N#CC(C#N)=C(C#N)Nc1c(Cl)cc(C(=O)O)cc1Br. The number of carbonyl (C=O) groups is 1. The number of hydrogen-bond acceptors (Lipinski definition) is 5. The predicted molar refractivity (Wildman–Crippen MR) is 73.6 cm³/mol. The summed E-state index contributed by atoms with van der Waals surface area (Å²) < 4.78 is 0.283. The van der Waals surface area contributed by atoms with Gasteiger partial charge >= 0.3 is 5.97 Å². The molecule has 0 amide bonds. The highest BCUT2D eigenvalue weighted by molar-refractivity contribution is 9.10. The number of nitriles is 3. The number of nitrogens with one attached hydrogen (secondary N) is 1. The molecule has 98 valence electrons. The van der Waals surface area contributed by atoms with Crippen LogP contribution in [0.2, 0.25) is 5.02 Å². The third-order valence-electron chi connectivity index (χ3n) is 2.12. The second kappa shape index (κ2) is 6.58. The molecule has 1 aromatic rings. The highest BCUT2D eigenvalue weighted by atomic mass is 79.9. The lowest BCUT2D eigenvalue weighted by Crippen LogP contribution is -2.04. The van der Waals surface area contributed by atoms with Crippen molar-refractivity contribution >= 4 is 39.2 Å². The number of benzene rings is 1. The van der Waals surface area contributed by atoms with Gasteiger partial charge in [0.1, 0.15) is 23.9 Å². The molecule has 0 atom stereocenters. The summed E-state index contributed by atoms with van der Waals surface area (Å²) in [7, 11) is 0. The lowest BCUT2D eigenvalue weighted by molar-refractivity contribution is 0.0697. The summed E-state index contributed by atoms with van der Waals surface area (Å²) in [6.07, 6.45) is 0. The first kappa shape index (κ1) is 15.5. The molecule has 1 aromatic carbocycles. The van der Waals surface area contributed by atoms with E-state index in [2.05, 4.69) is 21.2 Å². The first-order chi connectivity index (χ1) is 9.44. The predicted octanol–water partition coefficient (Wildman–Crippen LogP) is 3.04. The van der Waals surface area contributed by atoms with Gasteiger partial charge in [-0.25, -0.2) is 4.79 Å². The average molecular weight is 352 g/mol. The van der Waals surface area contributed by atoms with Crippen molar-refractivity contribution in [2.45, 2.75) is 0 Å². The van der Waals surface area contributed by atoms with E-state index in [4.69, 9.17) is 32.5 Å². The zero-order valence-corrected chi connectivity index (χ0v) is 11.9. The molecule has 0 heterocycles. The lowest BCUT2D eigenvalue weighted by atomic mass is 10.2. The third-order valence-corrected chi connectivity index (χ3v) is 3.05. The van der Waals surface area contributed by atoms with Gasteiger partial charge in [0, 0.05) is 4.47 Å². The Morgan fingerprint density at radius 2 is 1.85 bits per heavy atom. The number of aromatic carboxylic acids is 1. The molecule has 0 fully saturated rings. The molecule has 0 spiro atoms. The number of allylic oxidation sites excluding steroid dienone is 2. The van der Waals surface area contributed by atoms with Crippen molar-refractivity contribution in [1.29, 1.82) is 15.8 Å². The second-order valence-corrected chi connectivity index (χ2v) is 4.59. The number of halogens is 2. The molecule has 0 bridgehead atoms. The Balaban J connectivity index is 3.35. The number of anilines is 1. The fraction of sp³-hybridized carbons (Fsp3) is 0. The van der Waals surface area contributed by atoms with Crippen molar-refractivity contribution in [3.05, 3.63) is 38.5 Å². The van der Waals surface area contributed by atoms with Crippen LogP contribution in [0.4, 0.5) is 5.69 Å². The van der Waals surface area contributed by atoms with E-state index in [0.29, 0.717) is 0 Å². The van der Waals surface area contributed by atoms with Crippen LogP contribution in [0.3, 0.4) is 0 Å². The molecule has 20 heavy (non-hydrogen) atoms. The van der Waals surface area contributed by atoms with Crippen LogP contribution >= 0.6 is 27.5 Å². The molecule has 8 heteroatoms. The Kier molecular flexibility index (Phi) is 5.11. The summed E-state index contributed by atoms with van der Waals surface area (Å²) in [4.78, 5) is 10.8. The second-order valence-electron chi connectivity index (χ2n) is 3.33. The van der Waals surface area contributed by atoms with Crippen LogP contribution in [-0.4, -0.2) is 11.1 Å². The first-order valence-electron chi connectivity index (χ1n) is 4.88. The van der Waals surface area contributed by atoms with Gasteiger partial charge in [0.2, 0.25) is 0 Å². The number of hydrogen-bond donors (Lipinski definition) is 2. The molecule has 0 saturated heterocycles. The van der Waals surface area contributed by atoms with Crippen molar-refractivity contribution in [3.8, 4) is 18.2 Å². The normalized spacial score (nSPS) is 8.75. The van der Waals surface area contributed by atoms with Gasteiger partial charge in [0.15, 0.2) is 5.57 Å². The maximum Gasteiger partial charge on any atom is 0.335 e. The topological polar surface area (TPSA) is 121 Å². The Morgan fingerprint density at radius 1 is 1.25 bits per heavy atom. The van der Waals surface area contributed by atoms with Gasteiger partial charge in [-0.05, 0) is 28.1 Å². The van der Waals surface area contributed by atoms with Crippen molar-refractivity contribution in [2.75, 3.05) is 5.32 Å². The van der Waals surface area contributed by atoms with E-state index in [1.165, 1.54) is 12.1 Å². The minimum absolute atomic E-state index is 0.0276. The van der Waals surface area contributed by atoms with Crippen LogP contribution in [0, 0.1) is 34.0 Å². The first-order valence-corrected chi connectivity index (χ1v) is 6.05. The number of carboxylic acids is 1. The largest absolute Gasteiger partial charge is 0.478 e. The molecule has 0 saturated carbocycles. The van der Waals surface area contributed by atoms with Crippen LogP contribution in [-0.2, 0) is 0 Å². The van der Waals surface area contributed by atoms with E-state index in [1.54, 1.807) is 18.2 Å². The van der Waals surface area contributed by atoms with E-state index in [0.717, 1.165) is 0 Å². The van der Waals surface area contributed by atoms with E-state index in [9.17, 15) is 4.79 Å². The average Bonchev–Trinajstić information content (AvgIpc) is 2.41. The van der Waals surface area contributed by atoms with E-state index < -0.39 is 11.5 Å². The monoisotopic (exact) mass is 350 g/mol. The maximum atomic E-state index is 10.8. The highest BCUT2D eigenvalue weighted by Gasteiger charge is 2.14. The van der Waals surface area contributed by atoms with Crippen molar-refractivity contribution < 1.29 is 9.90 Å². The molecule has 0 aromatic heterocycles. The highest BCUT2D eigenvalue weighted by Crippen LogP contribution is 2.33. The zero-order valence-electron chi connectivity index (χ0n) is 9.61. The quantitative estimate of drug-likeness (QED) is 0.807. The van der Waals surface area contributed by atoms with E-state index in [1.807, 2.05) is 0 Å². The molecule has 1 rings (SSSR count). The van der Waals surface area contributed by atoms with Crippen molar-refractivity contribution in [3.63, 3.8) is 0 Å². The van der Waals surface area contributed by atoms with Gasteiger partial charge < -0.3 is 10.4 Å². The molecule has 6 nitrogen and oxygen atoms in total. The van der Waals surface area contributed by atoms with Crippen LogP contribution < -0.4 is 5.32 Å². The Bertz CT molecular complexity index is 698. The van der Waals surface area contributed by atoms with Gasteiger partial charge in [-0.3, -0.25) is 0 Å². The van der Waals surface area contributed by atoms with Gasteiger partial charge in [0.05, 0.1) is 16.3 Å². The standard InChI is InChI=1S/C12H4BrClN4O2/c13-8-1-6(12(19)20)2-9(14)11(8)18-10(5-17)7(3-15)4-16/h1-2,18H,(H,19,20). The number of rotatable bonds is 3. The zero-order chi connectivity index (χ0) is 15.3. The van der Waals surface area contributed by atoms with Crippen LogP contribution in [0.5, 0.6) is 0 Å². The van der Waals surface area contributed by atoms with Crippen molar-refractivity contribution in [2.24, 2.45) is 0 Å². The minimum atomic E-state index is -1.16. The molecule has 0 unspecified atom stereocenters. The van der Waals surface area contributed by atoms with Gasteiger partial charge in [-0.15, -0.1) is 0 Å².